The van der Waals surface area contributed by atoms with Crippen LogP contribution in [0.15, 0.2) is 49.2 Å². The summed E-state index contributed by atoms with van der Waals surface area (Å²) in [6, 6.07) is 7.96. The van der Waals surface area contributed by atoms with Gasteiger partial charge in [-0.15, -0.1) is 0 Å². The average molecular weight is 431 g/mol. The van der Waals surface area contributed by atoms with Gasteiger partial charge in [0, 0.05) is 43.5 Å². The quantitative estimate of drug-likeness (QED) is 0.616. The van der Waals surface area contributed by atoms with E-state index >= 15 is 0 Å². The second kappa shape index (κ2) is 8.88. The van der Waals surface area contributed by atoms with Crippen molar-refractivity contribution in [1.29, 1.82) is 0 Å². The van der Waals surface area contributed by atoms with Crippen LogP contribution in [0.3, 0.4) is 0 Å². The SMILES string of the molecule is CN1CCN(c2cccc(NC(=O)c3nc(C4CC4)cnc3Nc3cncnc3)c2)CC1. The number of aromatic nitrogens is 4. The van der Waals surface area contributed by atoms with E-state index in [9.17, 15) is 4.79 Å². The van der Waals surface area contributed by atoms with Crippen LogP contribution < -0.4 is 15.5 Å². The fourth-order valence-corrected chi connectivity index (χ4v) is 3.76. The van der Waals surface area contributed by atoms with Crippen molar-refractivity contribution >= 4 is 28.8 Å². The monoisotopic (exact) mass is 430 g/mol. The van der Waals surface area contributed by atoms with Crippen molar-refractivity contribution in [3.05, 3.63) is 60.6 Å². The molecule has 32 heavy (non-hydrogen) atoms. The number of anilines is 4. The maximum Gasteiger partial charge on any atom is 0.278 e. The summed E-state index contributed by atoms with van der Waals surface area (Å²) in [5.74, 6) is 0.482. The Kier molecular flexibility index (Phi) is 5.64. The molecule has 9 heteroatoms. The van der Waals surface area contributed by atoms with Crippen LogP contribution in [0.4, 0.5) is 22.9 Å². The highest BCUT2D eigenvalue weighted by atomic mass is 16.1. The van der Waals surface area contributed by atoms with Crippen LogP contribution >= 0.6 is 0 Å². The number of carbonyl (C=O) groups is 1. The van der Waals surface area contributed by atoms with E-state index in [0.29, 0.717) is 17.4 Å². The van der Waals surface area contributed by atoms with Crippen molar-refractivity contribution in [3.63, 3.8) is 0 Å². The number of benzene rings is 1. The minimum Gasteiger partial charge on any atom is -0.369 e. The molecular weight excluding hydrogens is 404 g/mol. The molecule has 1 amide bonds. The van der Waals surface area contributed by atoms with Crippen LogP contribution in [0.1, 0.15) is 34.9 Å². The molecule has 3 aromatic rings. The van der Waals surface area contributed by atoms with E-state index in [4.69, 9.17) is 0 Å². The summed E-state index contributed by atoms with van der Waals surface area (Å²) in [6.07, 6.45) is 8.63. The number of carbonyl (C=O) groups excluding carboxylic acids is 1. The number of nitrogens with one attached hydrogen (secondary N) is 2. The molecule has 9 nitrogen and oxygen atoms in total. The molecule has 5 rings (SSSR count). The fraction of sp³-hybridized carbons (Fsp3) is 0.348. The van der Waals surface area contributed by atoms with Gasteiger partial charge in [-0.3, -0.25) is 4.79 Å². The van der Waals surface area contributed by atoms with Crippen molar-refractivity contribution in [2.45, 2.75) is 18.8 Å². The molecule has 0 bridgehead atoms. The van der Waals surface area contributed by atoms with E-state index in [1.54, 1.807) is 18.6 Å². The molecule has 3 heterocycles. The lowest BCUT2D eigenvalue weighted by molar-refractivity contribution is 0.102. The molecule has 1 saturated heterocycles. The van der Waals surface area contributed by atoms with Gasteiger partial charge in [0.15, 0.2) is 11.5 Å². The summed E-state index contributed by atoms with van der Waals surface area (Å²) >= 11 is 0. The zero-order chi connectivity index (χ0) is 21.9. The van der Waals surface area contributed by atoms with Gasteiger partial charge in [0.1, 0.15) is 6.33 Å². The predicted molar refractivity (Wildman–Crippen MR) is 123 cm³/mol. The first-order valence-electron chi connectivity index (χ1n) is 10.9. The van der Waals surface area contributed by atoms with Gasteiger partial charge in [0.2, 0.25) is 0 Å². The van der Waals surface area contributed by atoms with Crippen LogP contribution in [-0.4, -0.2) is 64.0 Å². The number of amides is 1. The number of nitrogens with zero attached hydrogens (tertiary/aromatic N) is 6. The first-order valence-corrected chi connectivity index (χ1v) is 10.9. The molecule has 0 radical (unpaired) electrons. The Labute approximate surface area is 186 Å². The topological polar surface area (TPSA) is 99.2 Å². The van der Waals surface area contributed by atoms with Crippen molar-refractivity contribution in [3.8, 4) is 0 Å². The zero-order valence-electron chi connectivity index (χ0n) is 18.0. The summed E-state index contributed by atoms with van der Waals surface area (Å²) in [4.78, 5) is 35.1. The van der Waals surface area contributed by atoms with Crippen molar-refractivity contribution in [2.24, 2.45) is 0 Å². The van der Waals surface area contributed by atoms with Crippen LogP contribution in [0, 0.1) is 0 Å². The van der Waals surface area contributed by atoms with E-state index in [1.807, 2.05) is 18.2 Å². The Bertz CT molecular complexity index is 1090. The van der Waals surface area contributed by atoms with Crippen molar-refractivity contribution in [1.82, 2.24) is 24.8 Å². The van der Waals surface area contributed by atoms with Gasteiger partial charge in [-0.05, 0) is 38.1 Å². The molecular formula is C23H26N8O. The summed E-state index contributed by atoms with van der Waals surface area (Å²) < 4.78 is 0. The molecule has 1 aromatic carbocycles. The normalized spacial score (nSPS) is 16.6. The predicted octanol–water partition coefficient (Wildman–Crippen LogP) is 2.89. The van der Waals surface area contributed by atoms with Gasteiger partial charge in [0.25, 0.3) is 5.91 Å². The molecule has 0 spiro atoms. The third-order valence-electron chi connectivity index (χ3n) is 5.80. The molecule has 2 aliphatic rings. The number of hydrogen-bond donors (Lipinski definition) is 2. The summed E-state index contributed by atoms with van der Waals surface area (Å²) in [6.45, 7) is 3.99. The second-order valence-electron chi connectivity index (χ2n) is 8.31. The Morgan fingerprint density at radius 1 is 1.03 bits per heavy atom. The third kappa shape index (κ3) is 4.67. The van der Waals surface area contributed by atoms with Crippen LogP contribution in [0.2, 0.25) is 0 Å². The maximum absolute atomic E-state index is 13.2. The van der Waals surface area contributed by atoms with E-state index in [2.05, 4.69) is 53.5 Å². The summed E-state index contributed by atoms with van der Waals surface area (Å²) in [5.41, 5.74) is 3.61. The van der Waals surface area contributed by atoms with Crippen LogP contribution in [0.5, 0.6) is 0 Å². The summed E-state index contributed by atoms with van der Waals surface area (Å²) in [5, 5.41) is 6.13. The van der Waals surface area contributed by atoms with Crippen molar-refractivity contribution < 1.29 is 4.79 Å². The maximum atomic E-state index is 13.2. The highest BCUT2D eigenvalue weighted by Crippen LogP contribution is 2.39. The lowest BCUT2D eigenvalue weighted by atomic mass is 10.2. The number of likely N-dealkylation sites (N-methyl/N-ethyl adjacent to an activating group) is 1. The van der Waals surface area contributed by atoms with Gasteiger partial charge in [-0.25, -0.2) is 19.9 Å². The minimum absolute atomic E-state index is 0.267. The first-order chi connectivity index (χ1) is 15.7. The molecule has 1 aliphatic carbocycles. The van der Waals surface area contributed by atoms with Crippen LogP contribution in [0.25, 0.3) is 0 Å². The Hall–Kier alpha value is -3.59. The zero-order valence-corrected chi connectivity index (χ0v) is 18.0. The molecule has 1 aliphatic heterocycles. The number of hydrogen-bond acceptors (Lipinski definition) is 8. The van der Waals surface area contributed by atoms with E-state index in [0.717, 1.165) is 56.1 Å². The summed E-state index contributed by atoms with van der Waals surface area (Å²) in [7, 11) is 2.14. The number of piperazine rings is 1. The largest absolute Gasteiger partial charge is 0.369 e. The van der Waals surface area contributed by atoms with Gasteiger partial charge in [-0.1, -0.05) is 6.07 Å². The second-order valence-corrected chi connectivity index (χ2v) is 8.31. The van der Waals surface area contributed by atoms with Gasteiger partial charge >= 0.3 is 0 Å². The van der Waals surface area contributed by atoms with Crippen LogP contribution in [-0.2, 0) is 0 Å². The molecule has 0 atom stereocenters. The highest BCUT2D eigenvalue weighted by Gasteiger charge is 2.28. The minimum atomic E-state index is -0.296. The molecule has 1 saturated carbocycles. The van der Waals surface area contributed by atoms with Crippen molar-refractivity contribution in [2.75, 3.05) is 48.8 Å². The number of rotatable bonds is 6. The smallest absolute Gasteiger partial charge is 0.278 e. The molecule has 0 unspecified atom stereocenters. The molecule has 2 N–H and O–H groups in total. The highest BCUT2D eigenvalue weighted by molar-refractivity contribution is 6.06. The standard InChI is InChI=1S/C23H26N8O/c1-30-7-9-31(10-8-30)19-4-2-3-17(11-19)28-23(32)21-22(27-18-12-24-15-25-13-18)26-14-20(29-21)16-5-6-16/h2-4,11-16H,5-10H2,1H3,(H,26,27)(H,28,32). The van der Waals surface area contributed by atoms with Gasteiger partial charge in [-0.2, -0.15) is 0 Å². The molecule has 164 valence electrons. The Balaban J connectivity index is 1.37. The van der Waals surface area contributed by atoms with Gasteiger partial charge in [0.05, 0.1) is 30.0 Å². The van der Waals surface area contributed by atoms with E-state index in [-0.39, 0.29) is 11.6 Å². The van der Waals surface area contributed by atoms with Gasteiger partial charge < -0.3 is 20.4 Å². The Morgan fingerprint density at radius 3 is 2.56 bits per heavy atom. The first kappa shape index (κ1) is 20.3. The fourth-order valence-electron chi connectivity index (χ4n) is 3.76. The lowest BCUT2D eigenvalue weighted by Gasteiger charge is -2.34. The average Bonchev–Trinajstić information content (AvgIpc) is 3.66. The van der Waals surface area contributed by atoms with E-state index in [1.165, 1.54) is 6.33 Å². The third-order valence-corrected chi connectivity index (χ3v) is 5.80. The molecule has 2 fully saturated rings. The molecule has 2 aromatic heterocycles. The lowest BCUT2D eigenvalue weighted by Crippen LogP contribution is -2.44. The Morgan fingerprint density at radius 2 is 1.81 bits per heavy atom. The van der Waals surface area contributed by atoms with E-state index < -0.39 is 0 Å².